The van der Waals surface area contributed by atoms with Gasteiger partial charge in [-0.2, -0.15) is 0 Å². The molecule has 4 aliphatic rings. The number of aliphatic hydroxyl groups excluding tert-OH is 2. The molecule has 3 fully saturated rings. The number of aliphatic hydroxyl groups is 2. The minimum atomic E-state index is -0.419. The molecular weight excluding hydrogens is 374 g/mol. The van der Waals surface area contributed by atoms with Crippen molar-refractivity contribution in [1.29, 1.82) is 0 Å². The SMILES string of the molecule is CC(CCC(=O)N(C)C)[C@H]1CC[C@H]2[C@@H]3CC=C4C[C@@H](O)C[C@H](O)[C@]4(C)[C@H]3CC[C@]12C. The summed E-state index contributed by atoms with van der Waals surface area (Å²) in [4.78, 5) is 13.8. The van der Waals surface area contributed by atoms with E-state index in [4.69, 9.17) is 0 Å². The monoisotopic (exact) mass is 417 g/mol. The maximum Gasteiger partial charge on any atom is 0.222 e. The van der Waals surface area contributed by atoms with Crippen molar-refractivity contribution >= 4 is 5.91 Å². The molecular formula is C26H43NO3. The molecule has 2 N–H and O–H groups in total. The smallest absolute Gasteiger partial charge is 0.222 e. The Morgan fingerprint density at radius 3 is 2.63 bits per heavy atom. The summed E-state index contributed by atoms with van der Waals surface area (Å²) in [6.45, 7) is 7.20. The molecule has 9 atom stereocenters. The molecule has 4 rings (SSSR count). The predicted octanol–water partition coefficient (Wildman–Crippen LogP) is 4.40. The Balaban J connectivity index is 1.52. The van der Waals surface area contributed by atoms with E-state index in [1.54, 1.807) is 4.90 Å². The van der Waals surface area contributed by atoms with Crippen LogP contribution in [-0.4, -0.2) is 47.3 Å². The number of rotatable bonds is 4. The molecule has 0 saturated heterocycles. The van der Waals surface area contributed by atoms with Crippen LogP contribution in [0, 0.1) is 40.4 Å². The number of amides is 1. The van der Waals surface area contributed by atoms with Crippen LogP contribution in [0.3, 0.4) is 0 Å². The van der Waals surface area contributed by atoms with E-state index in [1.165, 1.54) is 31.3 Å². The van der Waals surface area contributed by atoms with Gasteiger partial charge in [-0.25, -0.2) is 0 Å². The molecule has 30 heavy (non-hydrogen) atoms. The van der Waals surface area contributed by atoms with E-state index in [1.807, 2.05) is 14.1 Å². The summed E-state index contributed by atoms with van der Waals surface area (Å²) in [7, 11) is 3.70. The third kappa shape index (κ3) is 3.37. The summed E-state index contributed by atoms with van der Waals surface area (Å²) >= 11 is 0. The average Bonchev–Trinajstić information content (AvgIpc) is 3.04. The summed E-state index contributed by atoms with van der Waals surface area (Å²) in [5.74, 6) is 3.46. The Labute approximate surface area is 183 Å². The molecule has 3 saturated carbocycles. The number of fused-ring (bicyclic) bond motifs is 5. The lowest BCUT2D eigenvalue weighted by atomic mass is 9.46. The van der Waals surface area contributed by atoms with Gasteiger partial charge in [0.1, 0.15) is 0 Å². The van der Waals surface area contributed by atoms with E-state index in [9.17, 15) is 15.0 Å². The molecule has 4 aliphatic carbocycles. The van der Waals surface area contributed by atoms with Gasteiger partial charge in [-0.15, -0.1) is 0 Å². The van der Waals surface area contributed by atoms with Crippen LogP contribution in [0.15, 0.2) is 11.6 Å². The molecule has 0 radical (unpaired) electrons. The van der Waals surface area contributed by atoms with Gasteiger partial charge in [0.2, 0.25) is 5.91 Å². The predicted molar refractivity (Wildman–Crippen MR) is 120 cm³/mol. The molecule has 0 aromatic carbocycles. The molecule has 170 valence electrons. The highest BCUT2D eigenvalue weighted by Crippen LogP contribution is 2.67. The zero-order chi connectivity index (χ0) is 21.8. The standard InChI is InChI=1S/C26H43NO3/c1-16(6-11-24(30)27(4)5)20-9-10-21-19-8-7-17-14-18(28)15-23(29)26(17,3)22(19)12-13-25(20,21)2/h7,16,18-23,28-29H,6,8-15H2,1-5H3/t16?,18-,19+,20-,21+,22+,23+,25-,26+/m1/s1. The van der Waals surface area contributed by atoms with E-state index in [0.717, 1.165) is 25.2 Å². The van der Waals surface area contributed by atoms with Crippen molar-refractivity contribution in [2.45, 2.75) is 90.8 Å². The molecule has 0 bridgehead atoms. The first kappa shape index (κ1) is 22.3. The second-order valence-electron chi connectivity index (χ2n) is 11.8. The highest BCUT2D eigenvalue weighted by molar-refractivity contribution is 5.75. The fourth-order valence-electron chi connectivity index (χ4n) is 8.45. The normalized spacial score (nSPS) is 46.3. The maximum atomic E-state index is 12.1. The maximum absolute atomic E-state index is 12.1. The average molecular weight is 418 g/mol. The number of carbonyl (C=O) groups excluding carboxylic acids is 1. The van der Waals surface area contributed by atoms with Crippen molar-refractivity contribution in [3.05, 3.63) is 11.6 Å². The van der Waals surface area contributed by atoms with Gasteiger partial charge < -0.3 is 15.1 Å². The fraction of sp³-hybridized carbons (Fsp3) is 0.885. The van der Waals surface area contributed by atoms with Gasteiger partial charge in [-0.3, -0.25) is 4.79 Å². The van der Waals surface area contributed by atoms with Crippen molar-refractivity contribution < 1.29 is 15.0 Å². The lowest BCUT2D eigenvalue weighted by molar-refractivity contribution is -0.129. The molecule has 4 nitrogen and oxygen atoms in total. The van der Waals surface area contributed by atoms with Gasteiger partial charge in [0, 0.05) is 32.4 Å². The van der Waals surface area contributed by atoms with Crippen molar-refractivity contribution in [1.82, 2.24) is 4.90 Å². The lowest BCUT2D eigenvalue weighted by Crippen LogP contribution is -2.55. The van der Waals surface area contributed by atoms with Gasteiger partial charge >= 0.3 is 0 Å². The largest absolute Gasteiger partial charge is 0.393 e. The first-order valence-corrected chi connectivity index (χ1v) is 12.3. The van der Waals surface area contributed by atoms with Crippen LogP contribution in [0.5, 0.6) is 0 Å². The van der Waals surface area contributed by atoms with Crippen LogP contribution in [-0.2, 0) is 4.79 Å². The lowest BCUT2D eigenvalue weighted by Gasteiger charge is -2.59. The van der Waals surface area contributed by atoms with Crippen LogP contribution in [0.2, 0.25) is 0 Å². The van der Waals surface area contributed by atoms with Gasteiger partial charge in [0.05, 0.1) is 12.2 Å². The van der Waals surface area contributed by atoms with E-state index in [2.05, 4.69) is 26.8 Å². The van der Waals surface area contributed by atoms with Gasteiger partial charge in [0.15, 0.2) is 0 Å². The van der Waals surface area contributed by atoms with E-state index in [-0.39, 0.29) is 17.4 Å². The molecule has 0 aliphatic heterocycles. The summed E-state index contributed by atoms with van der Waals surface area (Å²) in [6, 6.07) is 0. The summed E-state index contributed by atoms with van der Waals surface area (Å²) in [5.41, 5.74) is 1.54. The molecule has 0 spiro atoms. The fourth-order valence-corrected chi connectivity index (χ4v) is 8.45. The first-order chi connectivity index (χ1) is 14.1. The second-order valence-corrected chi connectivity index (χ2v) is 11.8. The van der Waals surface area contributed by atoms with Crippen molar-refractivity contribution in [2.24, 2.45) is 40.4 Å². The van der Waals surface area contributed by atoms with Crippen molar-refractivity contribution in [3.63, 3.8) is 0 Å². The van der Waals surface area contributed by atoms with Crippen LogP contribution in [0.1, 0.15) is 78.6 Å². The Hall–Kier alpha value is -0.870. The molecule has 0 aromatic rings. The number of allylic oxidation sites excluding steroid dienone is 1. The number of nitrogens with zero attached hydrogens (tertiary/aromatic N) is 1. The minimum absolute atomic E-state index is 0.148. The van der Waals surface area contributed by atoms with E-state index < -0.39 is 6.10 Å². The number of hydrogen-bond acceptors (Lipinski definition) is 3. The summed E-state index contributed by atoms with van der Waals surface area (Å²) in [6.07, 6.45) is 10.7. The van der Waals surface area contributed by atoms with Crippen molar-refractivity contribution in [3.8, 4) is 0 Å². The summed E-state index contributed by atoms with van der Waals surface area (Å²) < 4.78 is 0. The molecule has 1 amide bonds. The zero-order valence-corrected chi connectivity index (χ0v) is 19.7. The zero-order valence-electron chi connectivity index (χ0n) is 19.7. The highest BCUT2D eigenvalue weighted by Gasteiger charge is 2.60. The number of hydrogen-bond donors (Lipinski definition) is 2. The second kappa shape index (κ2) is 7.92. The Morgan fingerprint density at radius 2 is 1.93 bits per heavy atom. The van der Waals surface area contributed by atoms with Crippen LogP contribution in [0.25, 0.3) is 0 Å². The third-order valence-corrected chi connectivity index (χ3v) is 10.3. The Kier molecular flexibility index (Phi) is 5.89. The van der Waals surface area contributed by atoms with Gasteiger partial charge in [0.25, 0.3) is 0 Å². The molecule has 0 heterocycles. The van der Waals surface area contributed by atoms with E-state index >= 15 is 0 Å². The topological polar surface area (TPSA) is 60.8 Å². The Morgan fingerprint density at radius 1 is 1.20 bits per heavy atom. The summed E-state index contributed by atoms with van der Waals surface area (Å²) in [5, 5.41) is 21.3. The first-order valence-electron chi connectivity index (χ1n) is 12.3. The molecule has 0 aromatic heterocycles. The van der Waals surface area contributed by atoms with E-state index in [0.29, 0.717) is 41.9 Å². The van der Waals surface area contributed by atoms with Gasteiger partial charge in [-0.1, -0.05) is 32.4 Å². The quantitative estimate of drug-likeness (QED) is 0.667. The molecule has 1 unspecified atom stereocenters. The Bertz CT molecular complexity index is 702. The van der Waals surface area contributed by atoms with Crippen LogP contribution < -0.4 is 0 Å². The van der Waals surface area contributed by atoms with Crippen LogP contribution in [0.4, 0.5) is 0 Å². The third-order valence-electron chi connectivity index (χ3n) is 10.3. The van der Waals surface area contributed by atoms with Gasteiger partial charge in [-0.05, 0) is 80.0 Å². The van der Waals surface area contributed by atoms with Crippen molar-refractivity contribution in [2.75, 3.05) is 14.1 Å². The minimum Gasteiger partial charge on any atom is -0.393 e. The van der Waals surface area contributed by atoms with Crippen LogP contribution >= 0.6 is 0 Å². The highest BCUT2D eigenvalue weighted by atomic mass is 16.3. The molecule has 4 heteroatoms. The number of carbonyl (C=O) groups is 1.